The second kappa shape index (κ2) is 3.78. The average Bonchev–Trinajstić information content (AvgIpc) is 2.64. The van der Waals surface area contributed by atoms with Crippen molar-refractivity contribution in [3.63, 3.8) is 0 Å². The van der Waals surface area contributed by atoms with Gasteiger partial charge in [-0.3, -0.25) is 0 Å². The van der Waals surface area contributed by atoms with Crippen molar-refractivity contribution in [1.29, 1.82) is 0 Å². The van der Waals surface area contributed by atoms with Crippen molar-refractivity contribution < 1.29 is 0 Å². The second-order valence-corrected chi connectivity index (χ2v) is 3.41. The summed E-state index contributed by atoms with van der Waals surface area (Å²) in [6.45, 7) is 4.26. The highest BCUT2D eigenvalue weighted by Gasteiger charge is 2.04. The van der Waals surface area contributed by atoms with Crippen molar-refractivity contribution in [2.24, 2.45) is 5.73 Å². The first kappa shape index (κ1) is 9.79. The highest BCUT2D eigenvalue weighted by molar-refractivity contribution is 5.18. The van der Waals surface area contributed by atoms with Gasteiger partial charge in [-0.05, 0) is 26.0 Å². The summed E-state index contributed by atoms with van der Waals surface area (Å²) in [5.74, 6) is 0.573. The molecule has 0 aliphatic heterocycles. The van der Waals surface area contributed by atoms with E-state index in [2.05, 4.69) is 15.1 Å². The number of aryl methyl sites for hydroxylation is 2. The van der Waals surface area contributed by atoms with Gasteiger partial charge in [-0.15, -0.1) is 0 Å². The highest BCUT2D eigenvalue weighted by atomic mass is 15.3. The Morgan fingerprint density at radius 1 is 1.27 bits per heavy atom. The van der Waals surface area contributed by atoms with E-state index in [0.717, 1.165) is 17.1 Å². The molecule has 0 aliphatic carbocycles. The van der Waals surface area contributed by atoms with Crippen LogP contribution < -0.4 is 5.73 Å². The van der Waals surface area contributed by atoms with Gasteiger partial charge >= 0.3 is 0 Å². The lowest BCUT2D eigenvalue weighted by Gasteiger charge is -2.03. The van der Waals surface area contributed by atoms with E-state index in [1.165, 1.54) is 0 Å². The average molecular weight is 203 g/mol. The minimum atomic E-state index is 0.413. The molecule has 78 valence electrons. The molecule has 0 bridgehead atoms. The van der Waals surface area contributed by atoms with E-state index in [0.29, 0.717) is 12.5 Å². The molecule has 0 radical (unpaired) electrons. The number of aromatic nitrogens is 4. The van der Waals surface area contributed by atoms with Crippen molar-refractivity contribution in [1.82, 2.24) is 19.7 Å². The Labute approximate surface area is 88.0 Å². The van der Waals surface area contributed by atoms with Crippen LogP contribution >= 0.6 is 0 Å². The number of hydrogen-bond acceptors (Lipinski definition) is 4. The maximum Gasteiger partial charge on any atom is 0.251 e. The molecule has 0 aliphatic rings. The Bertz CT molecular complexity index is 474. The van der Waals surface area contributed by atoms with Crippen molar-refractivity contribution in [2.75, 3.05) is 0 Å². The minimum Gasteiger partial charge on any atom is -0.325 e. The molecule has 5 heteroatoms. The fourth-order valence-electron chi connectivity index (χ4n) is 1.35. The lowest BCUT2D eigenvalue weighted by atomic mass is 10.3. The van der Waals surface area contributed by atoms with Gasteiger partial charge in [-0.25, -0.2) is 14.6 Å². The van der Waals surface area contributed by atoms with Gasteiger partial charge in [-0.2, -0.15) is 5.10 Å². The van der Waals surface area contributed by atoms with Crippen molar-refractivity contribution in [3.05, 3.63) is 35.4 Å². The van der Waals surface area contributed by atoms with E-state index in [1.807, 2.05) is 32.2 Å². The van der Waals surface area contributed by atoms with Crippen LogP contribution in [0.3, 0.4) is 0 Å². The van der Waals surface area contributed by atoms with Crippen LogP contribution in [0.25, 0.3) is 5.95 Å². The van der Waals surface area contributed by atoms with Crippen LogP contribution in [0.5, 0.6) is 0 Å². The smallest absolute Gasteiger partial charge is 0.251 e. The predicted molar refractivity (Wildman–Crippen MR) is 56.5 cm³/mol. The first-order valence-corrected chi connectivity index (χ1v) is 4.76. The van der Waals surface area contributed by atoms with Crippen LogP contribution in [0.1, 0.15) is 17.1 Å². The Balaban J connectivity index is 2.48. The lowest BCUT2D eigenvalue weighted by Crippen LogP contribution is -2.08. The van der Waals surface area contributed by atoms with Gasteiger partial charge in [0.05, 0.1) is 11.4 Å². The van der Waals surface area contributed by atoms with Crippen LogP contribution in [-0.2, 0) is 6.54 Å². The molecule has 2 rings (SSSR count). The van der Waals surface area contributed by atoms with E-state index in [-0.39, 0.29) is 0 Å². The molecule has 2 N–H and O–H groups in total. The number of nitrogens with two attached hydrogens (primary N) is 1. The zero-order valence-electron chi connectivity index (χ0n) is 8.81. The topological polar surface area (TPSA) is 69.6 Å². The Morgan fingerprint density at radius 2 is 2.07 bits per heavy atom. The molecule has 5 nitrogen and oxygen atoms in total. The summed E-state index contributed by atoms with van der Waals surface area (Å²) in [7, 11) is 0. The van der Waals surface area contributed by atoms with E-state index in [1.54, 1.807) is 4.68 Å². The molecule has 15 heavy (non-hydrogen) atoms. The maximum absolute atomic E-state index is 5.55. The van der Waals surface area contributed by atoms with Gasteiger partial charge in [-0.1, -0.05) is 0 Å². The van der Waals surface area contributed by atoms with E-state index >= 15 is 0 Å². The van der Waals surface area contributed by atoms with Gasteiger partial charge < -0.3 is 5.73 Å². The van der Waals surface area contributed by atoms with Crippen molar-refractivity contribution in [2.45, 2.75) is 20.4 Å². The highest BCUT2D eigenvalue weighted by Crippen LogP contribution is 2.05. The first-order valence-electron chi connectivity index (χ1n) is 4.76. The second-order valence-electron chi connectivity index (χ2n) is 3.41. The Morgan fingerprint density at radius 3 is 2.67 bits per heavy atom. The molecule has 2 aromatic rings. The standard InChI is InChI=1S/C10H13N5/c1-7-3-4-15(14-7)10-12-8(2)5-9(6-11)13-10/h3-5H,6,11H2,1-2H3. The van der Waals surface area contributed by atoms with Crippen LogP contribution in [0.2, 0.25) is 0 Å². The Kier molecular flexibility index (Phi) is 2.47. The van der Waals surface area contributed by atoms with E-state index in [4.69, 9.17) is 5.73 Å². The summed E-state index contributed by atoms with van der Waals surface area (Å²) >= 11 is 0. The fraction of sp³-hybridized carbons (Fsp3) is 0.300. The number of rotatable bonds is 2. The van der Waals surface area contributed by atoms with Gasteiger partial charge in [0.1, 0.15) is 0 Å². The summed E-state index contributed by atoms with van der Waals surface area (Å²) in [6, 6.07) is 3.79. The summed E-state index contributed by atoms with van der Waals surface area (Å²) < 4.78 is 1.65. The molecule has 0 amide bonds. The third-order valence-electron chi connectivity index (χ3n) is 2.03. The molecule has 0 aromatic carbocycles. The van der Waals surface area contributed by atoms with Crippen molar-refractivity contribution in [3.8, 4) is 5.95 Å². The molecular formula is C10H13N5. The first-order chi connectivity index (χ1) is 7.19. The monoisotopic (exact) mass is 203 g/mol. The molecule has 2 aromatic heterocycles. The zero-order chi connectivity index (χ0) is 10.8. The lowest BCUT2D eigenvalue weighted by molar-refractivity contribution is 0.774. The van der Waals surface area contributed by atoms with Crippen molar-refractivity contribution >= 4 is 0 Å². The molecule has 0 saturated heterocycles. The quantitative estimate of drug-likeness (QED) is 0.781. The Hall–Kier alpha value is -1.75. The van der Waals surface area contributed by atoms with Gasteiger partial charge in [0, 0.05) is 18.4 Å². The maximum atomic E-state index is 5.55. The summed E-state index contributed by atoms with van der Waals surface area (Å²) in [5, 5.41) is 4.25. The summed E-state index contributed by atoms with van der Waals surface area (Å²) in [4.78, 5) is 8.60. The number of nitrogens with zero attached hydrogens (tertiary/aromatic N) is 4. The van der Waals surface area contributed by atoms with Crippen LogP contribution in [0.15, 0.2) is 18.3 Å². The SMILES string of the molecule is Cc1cc(CN)nc(-n2ccc(C)n2)n1. The van der Waals surface area contributed by atoms with Gasteiger partial charge in [0.2, 0.25) is 0 Å². The summed E-state index contributed by atoms with van der Waals surface area (Å²) in [6.07, 6.45) is 1.84. The third kappa shape index (κ3) is 2.02. The molecule has 0 atom stereocenters. The number of hydrogen-bond donors (Lipinski definition) is 1. The van der Waals surface area contributed by atoms with Crippen LogP contribution in [0.4, 0.5) is 0 Å². The van der Waals surface area contributed by atoms with E-state index < -0.39 is 0 Å². The normalized spacial score (nSPS) is 10.6. The molecular weight excluding hydrogens is 190 g/mol. The van der Waals surface area contributed by atoms with Gasteiger partial charge in [0.15, 0.2) is 0 Å². The molecule has 2 heterocycles. The molecule has 0 spiro atoms. The van der Waals surface area contributed by atoms with Gasteiger partial charge in [0.25, 0.3) is 5.95 Å². The zero-order valence-corrected chi connectivity index (χ0v) is 8.81. The molecule has 0 saturated carbocycles. The molecule has 0 unspecified atom stereocenters. The van der Waals surface area contributed by atoms with E-state index in [9.17, 15) is 0 Å². The fourth-order valence-corrected chi connectivity index (χ4v) is 1.35. The predicted octanol–water partition coefficient (Wildman–Crippen LogP) is 0.738. The third-order valence-corrected chi connectivity index (χ3v) is 2.03. The van der Waals surface area contributed by atoms with Crippen LogP contribution in [0, 0.1) is 13.8 Å². The van der Waals surface area contributed by atoms with Crippen LogP contribution in [-0.4, -0.2) is 19.7 Å². The largest absolute Gasteiger partial charge is 0.325 e. The summed E-state index contributed by atoms with van der Waals surface area (Å²) in [5.41, 5.74) is 8.21. The minimum absolute atomic E-state index is 0.413. The molecule has 0 fully saturated rings.